The molecule has 17 heavy (non-hydrogen) atoms. The molecule has 96 valence electrons. The summed E-state index contributed by atoms with van der Waals surface area (Å²) in [5.41, 5.74) is 4.13. The van der Waals surface area contributed by atoms with Crippen LogP contribution in [0.1, 0.15) is 25.1 Å². The standard InChI is InChI=1S/C10H15F3N4/c1-6(2)4-17-5-7(3-8(14)15)9(16-17)10(11,12)13/h5-6H,3-4H2,1-2H3,(H3,14,15). The molecule has 0 spiro atoms. The van der Waals surface area contributed by atoms with Crippen LogP contribution in [-0.4, -0.2) is 15.6 Å². The molecule has 0 saturated carbocycles. The smallest absolute Gasteiger partial charge is 0.387 e. The van der Waals surface area contributed by atoms with Gasteiger partial charge >= 0.3 is 6.18 Å². The highest BCUT2D eigenvalue weighted by Gasteiger charge is 2.37. The number of nitrogens with zero attached hydrogens (tertiary/aromatic N) is 2. The van der Waals surface area contributed by atoms with Crippen LogP contribution in [0.2, 0.25) is 0 Å². The van der Waals surface area contributed by atoms with E-state index in [1.165, 1.54) is 10.9 Å². The Morgan fingerprint density at radius 2 is 2.12 bits per heavy atom. The van der Waals surface area contributed by atoms with Crippen LogP contribution >= 0.6 is 0 Å². The fraction of sp³-hybridized carbons (Fsp3) is 0.600. The van der Waals surface area contributed by atoms with Crippen molar-refractivity contribution in [3.05, 3.63) is 17.5 Å². The zero-order valence-corrected chi connectivity index (χ0v) is 9.67. The van der Waals surface area contributed by atoms with Crippen molar-refractivity contribution >= 4 is 5.84 Å². The summed E-state index contributed by atoms with van der Waals surface area (Å²) in [4.78, 5) is 0. The molecule has 1 aromatic rings. The number of aromatic nitrogens is 2. The van der Waals surface area contributed by atoms with Gasteiger partial charge in [0.2, 0.25) is 0 Å². The molecule has 0 saturated heterocycles. The van der Waals surface area contributed by atoms with Crippen LogP contribution in [0.15, 0.2) is 6.20 Å². The molecular weight excluding hydrogens is 233 g/mol. The molecule has 0 aliphatic rings. The largest absolute Gasteiger partial charge is 0.435 e. The maximum absolute atomic E-state index is 12.7. The molecule has 0 bridgehead atoms. The Labute approximate surface area is 97.1 Å². The topological polar surface area (TPSA) is 67.7 Å². The van der Waals surface area contributed by atoms with Crippen LogP contribution in [-0.2, 0) is 19.1 Å². The highest BCUT2D eigenvalue weighted by Crippen LogP contribution is 2.31. The number of amidine groups is 1. The van der Waals surface area contributed by atoms with Gasteiger partial charge in [-0.1, -0.05) is 13.8 Å². The van der Waals surface area contributed by atoms with Crippen molar-refractivity contribution in [3.8, 4) is 0 Å². The van der Waals surface area contributed by atoms with Gasteiger partial charge < -0.3 is 5.73 Å². The first-order valence-corrected chi connectivity index (χ1v) is 5.16. The van der Waals surface area contributed by atoms with E-state index >= 15 is 0 Å². The van der Waals surface area contributed by atoms with Gasteiger partial charge in [-0.2, -0.15) is 18.3 Å². The second-order valence-electron chi connectivity index (χ2n) is 4.32. The molecule has 0 aliphatic heterocycles. The summed E-state index contributed by atoms with van der Waals surface area (Å²) in [5.74, 6) is -0.110. The Bertz CT molecular complexity index is 406. The normalized spacial score (nSPS) is 12.1. The quantitative estimate of drug-likeness (QED) is 0.632. The highest BCUT2D eigenvalue weighted by atomic mass is 19.4. The lowest BCUT2D eigenvalue weighted by atomic mass is 10.1. The van der Waals surface area contributed by atoms with Gasteiger partial charge in [0, 0.05) is 24.7 Å². The third kappa shape index (κ3) is 3.76. The summed E-state index contributed by atoms with van der Waals surface area (Å²) >= 11 is 0. The Hall–Kier alpha value is -1.53. The van der Waals surface area contributed by atoms with Gasteiger partial charge in [0.05, 0.1) is 5.84 Å². The summed E-state index contributed by atoms with van der Waals surface area (Å²) in [6, 6.07) is 0. The first-order valence-electron chi connectivity index (χ1n) is 5.16. The van der Waals surface area contributed by atoms with Crippen molar-refractivity contribution in [2.75, 3.05) is 0 Å². The third-order valence-electron chi connectivity index (χ3n) is 2.04. The number of alkyl halides is 3. The van der Waals surface area contributed by atoms with E-state index in [0.717, 1.165) is 0 Å². The van der Waals surface area contributed by atoms with E-state index in [1.807, 2.05) is 13.8 Å². The Morgan fingerprint density at radius 1 is 1.53 bits per heavy atom. The lowest BCUT2D eigenvalue weighted by Gasteiger charge is -2.05. The van der Waals surface area contributed by atoms with Gasteiger partial charge in [-0.3, -0.25) is 10.1 Å². The molecule has 4 nitrogen and oxygen atoms in total. The van der Waals surface area contributed by atoms with Gasteiger partial charge in [-0.15, -0.1) is 0 Å². The fourth-order valence-electron chi connectivity index (χ4n) is 1.50. The van der Waals surface area contributed by atoms with Crippen molar-refractivity contribution in [1.29, 1.82) is 5.41 Å². The van der Waals surface area contributed by atoms with Crippen molar-refractivity contribution in [3.63, 3.8) is 0 Å². The highest BCUT2D eigenvalue weighted by molar-refractivity contribution is 5.79. The molecule has 0 radical (unpaired) electrons. The maximum atomic E-state index is 12.7. The zero-order valence-electron chi connectivity index (χ0n) is 9.67. The SMILES string of the molecule is CC(C)Cn1cc(CC(=N)N)c(C(F)(F)F)n1. The van der Waals surface area contributed by atoms with Crippen LogP contribution in [0.5, 0.6) is 0 Å². The molecule has 0 aromatic carbocycles. The van der Waals surface area contributed by atoms with Gasteiger partial charge in [0.25, 0.3) is 0 Å². The predicted molar refractivity (Wildman–Crippen MR) is 57.7 cm³/mol. The molecule has 3 N–H and O–H groups in total. The van der Waals surface area contributed by atoms with E-state index in [2.05, 4.69) is 5.10 Å². The Morgan fingerprint density at radius 3 is 2.53 bits per heavy atom. The van der Waals surface area contributed by atoms with E-state index in [0.29, 0.717) is 6.54 Å². The summed E-state index contributed by atoms with van der Waals surface area (Å²) in [6.45, 7) is 4.18. The number of hydrogen-bond acceptors (Lipinski definition) is 2. The van der Waals surface area contributed by atoms with E-state index in [1.54, 1.807) is 0 Å². The number of nitrogens with two attached hydrogens (primary N) is 1. The number of hydrogen-bond donors (Lipinski definition) is 2. The predicted octanol–water partition coefficient (Wildman–Crippen LogP) is 2.04. The second kappa shape index (κ2) is 4.77. The lowest BCUT2D eigenvalue weighted by Crippen LogP contribution is -2.16. The lowest BCUT2D eigenvalue weighted by molar-refractivity contribution is -0.142. The molecule has 7 heteroatoms. The summed E-state index contributed by atoms with van der Waals surface area (Å²) < 4.78 is 39.2. The number of halogens is 3. The molecule has 1 heterocycles. The number of rotatable bonds is 4. The van der Waals surface area contributed by atoms with Crippen LogP contribution in [0.4, 0.5) is 13.2 Å². The van der Waals surface area contributed by atoms with Crippen molar-refractivity contribution < 1.29 is 13.2 Å². The van der Waals surface area contributed by atoms with E-state index in [-0.39, 0.29) is 23.7 Å². The van der Waals surface area contributed by atoms with Crippen molar-refractivity contribution in [2.45, 2.75) is 33.0 Å². The molecule has 1 aromatic heterocycles. The van der Waals surface area contributed by atoms with E-state index < -0.39 is 11.9 Å². The van der Waals surface area contributed by atoms with E-state index in [9.17, 15) is 13.2 Å². The van der Waals surface area contributed by atoms with Crippen LogP contribution in [0.3, 0.4) is 0 Å². The maximum Gasteiger partial charge on any atom is 0.435 e. The van der Waals surface area contributed by atoms with Crippen molar-refractivity contribution in [2.24, 2.45) is 11.7 Å². The van der Waals surface area contributed by atoms with Gasteiger partial charge in [0.1, 0.15) is 0 Å². The monoisotopic (exact) mass is 248 g/mol. The minimum atomic E-state index is -4.51. The average molecular weight is 248 g/mol. The third-order valence-corrected chi connectivity index (χ3v) is 2.04. The minimum absolute atomic E-state index is 0.0503. The first-order chi connectivity index (χ1) is 7.70. The first kappa shape index (κ1) is 13.5. The van der Waals surface area contributed by atoms with Crippen molar-refractivity contribution in [1.82, 2.24) is 9.78 Å². The molecular formula is C10H15F3N4. The van der Waals surface area contributed by atoms with Gasteiger partial charge in [0.15, 0.2) is 5.69 Å². The zero-order chi connectivity index (χ0) is 13.2. The summed E-state index contributed by atoms with van der Waals surface area (Å²) in [6.07, 6.45) is -3.43. The summed E-state index contributed by atoms with van der Waals surface area (Å²) in [5, 5.41) is 10.6. The van der Waals surface area contributed by atoms with Crippen LogP contribution < -0.4 is 5.73 Å². The van der Waals surface area contributed by atoms with Gasteiger partial charge in [-0.25, -0.2) is 0 Å². The Kier molecular flexibility index (Phi) is 3.79. The Balaban J connectivity index is 3.07. The second-order valence-corrected chi connectivity index (χ2v) is 4.32. The van der Waals surface area contributed by atoms with Crippen LogP contribution in [0, 0.1) is 11.3 Å². The molecule has 0 fully saturated rings. The molecule has 0 unspecified atom stereocenters. The molecule has 0 aliphatic carbocycles. The van der Waals surface area contributed by atoms with Crippen LogP contribution in [0.25, 0.3) is 0 Å². The minimum Gasteiger partial charge on any atom is -0.387 e. The molecule has 1 rings (SSSR count). The molecule has 0 amide bonds. The summed E-state index contributed by atoms with van der Waals surface area (Å²) in [7, 11) is 0. The number of nitrogens with one attached hydrogen (secondary N) is 1. The molecule has 0 atom stereocenters. The van der Waals surface area contributed by atoms with E-state index in [4.69, 9.17) is 11.1 Å². The average Bonchev–Trinajstić information content (AvgIpc) is 2.44. The van der Waals surface area contributed by atoms with Gasteiger partial charge in [-0.05, 0) is 5.92 Å². The fourth-order valence-corrected chi connectivity index (χ4v) is 1.50.